The minimum atomic E-state index is 0.0832. The van der Waals surface area contributed by atoms with Gasteiger partial charge in [0.15, 0.2) is 5.96 Å². The lowest BCUT2D eigenvalue weighted by Crippen LogP contribution is -2.33. The number of rotatable bonds is 2. The Hall–Kier alpha value is -1.62. The smallest absolute Gasteiger partial charge is 0.191 e. The van der Waals surface area contributed by atoms with Crippen LogP contribution >= 0.6 is 0 Å². The molecule has 5 nitrogen and oxygen atoms in total. The lowest BCUT2D eigenvalue weighted by Gasteiger charge is -2.29. The molecule has 0 aromatic carbocycles. The fourth-order valence-corrected chi connectivity index (χ4v) is 2.43. The fraction of sp³-hybridized carbons (Fsp3) is 0.538. The van der Waals surface area contributed by atoms with Crippen molar-refractivity contribution in [2.75, 3.05) is 14.1 Å². The normalized spacial score (nSPS) is 18.6. The molecule has 0 saturated carbocycles. The Bertz CT molecular complexity index is 475. The Morgan fingerprint density at radius 1 is 1.44 bits per heavy atom. The molecule has 2 rings (SSSR count). The number of nitrogens with two attached hydrogens (primary N) is 2. The summed E-state index contributed by atoms with van der Waals surface area (Å²) in [5, 5.41) is 0. The summed E-state index contributed by atoms with van der Waals surface area (Å²) in [6, 6.07) is 2.65. The van der Waals surface area contributed by atoms with E-state index in [1.54, 1.807) is 0 Å². The highest BCUT2D eigenvalue weighted by molar-refractivity contribution is 5.79. The molecule has 0 saturated heterocycles. The van der Waals surface area contributed by atoms with Crippen molar-refractivity contribution in [2.24, 2.45) is 16.5 Å². The summed E-state index contributed by atoms with van der Waals surface area (Å²) in [7, 11) is 4.24. The van der Waals surface area contributed by atoms with E-state index in [-0.39, 0.29) is 5.96 Å². The molecule has 1 unspecified atom stereocenters. The van der Waals surface area contributed by atoms with Gasteiger partial charge in [0.05, 0.1) is 11.4 Å². The monoisotopic (exact) mass is 247 g/mol. The van der Waals surface area contributed by atoms with Crippen LogP contribution in [0.3, 0.4) is 0 Å². The van der Waals surface area contributed by atoms with Gasteiger partial charge in [-0.25, -0.2) is 4.99 Å². The highest BCUT2D eigenvalue weighted by Gasteiger charge is 2.22. The van der Waals surface area contributed by atoms with E-state index >= 15 is 0 Å². The largest absolute Gasteiger partial charge is 0.370 e. The van der Waals surface area contributed by atoms with Gasteiger partial charge < -0.3 is 16.4 Å². The third-order valence-corrected chi connectivity index (χ3v) is 3.50. The van der Waals surface area contributed by atoms with E-state index in [0.29, 0.717) is 6.04 Å². The van der Waals surface area contributed by atoms with E-state index in [9.17, 15) is 0 Å². The number of hydrogen-bond acceptors (Lipinski definition) is 3. The van der Waals surface area contributed by atoms with E-state index in [1.807, 2.05) is 6.92 Å². The third kappa shape index (κ3) is 2.61. The summed E-state index contributed by atoms with van der Waals surface area (Å²) in [5.41, 5.74) is 15.0. The van der Waals surface area contributed by atoms with Gasteiger partial charge in [0.1, 0.15) is 0 Å². The fourth-order valence-electron chi connectivity index (χ4n) is 2.43. The lowest BCUT2D eigenvalue weighted by atomic mass is 9.90. The Morgan fingerprint density at radius 3 is 2.78 bits per heavy atom. The van der Waals surface area contributed by atoms with Gasteiger partial charge >= 0.3 is 0 Å². The number of aryl methyl sites for hydroxylation is 2. The quantitative estimate of drug-likeness (QED) is 0.596. The van der Waals surface area contributed by atoms with Gasteiger partial charge in [-0.05, 0) is 51.9 Å². The first-order chi connectivity index (χ1) is 8.47. The minimum absolute atomic E-state index is 0.0832. The Morgan fingerprint density at radius 2 is 2.17 bits per heavy atom. The van der Waals surface area contributed by atoms with E-state index < -0.39 is 0 Å². The van der Waals surface area contributed by atoms with Gasteiger partial charge in [0.25, 0.3) is 0 Å². The number of hydrogen-bond donors (Lipinski definition) is 2. The molecule has 5 heteroatoms. The summed E-state index contributed by atoms with van der Waals surface area (Å²) in [4.78, 5) is 11.0. The van der Waals surface area contributed by atoms with Crippen molar-refractivity contribution < 1.29 is 0 Å². The van der Waals surface area contributed by atoms with Crippen molar-refractivity contribution in [3.8, 4) is 0 Å². The molecule has 1 heterocycles. The predicted molar refractivity (Wildman–Crippen MR) is 73.9 cm³/mol. The van der Waals surface area contributed by atoms with Gasteiger partial charge in [-0.15, -0.1) is 0 Å². The number of pyridine rings is 1. The summed E-state index contributed by atoms with van der Waals surface area (Å²) in [5.74, 6) is 0.0832. The highest BCUT2D eigenvalue weighted by Crippen LogP contribution is 2.27. The molecule has 1 aliphatic rings. The van der Waals surface area contributed by atoms with E-state index in [2.05, 4.69) is 35.0 Å². The number of aliphatic imine (C=N–C) groups is 1. The summed E-state index contributed by atoms with van der Waals surface area (Å²) in [6.07, 6.45) is 3.21. The maximum atomic E-state index is 5.44. The Kier molecular flexibility index (Phi) is 3.52. The first kappa shape index (κ1) is 12.8. The van der Waals surface area contributed by atoms with Crippen LogP contribution in [0, 0.1) is 6.92 Å². The molecule has 0 aliphatic heterocycles. The van der Waals surface area contributed by atoms with Crippen LogP contribution in [0.2, 0.25) is 0 Å². The van der Waals surface area contributed by atoms with Crippen molar-refractivity contribution >= 4 is 11.6 Å². The highest BCUT2D eigenvalue weighted by atomic mass is 15.1. The van der Waals surface area contributed by atoms with Crippen LogP contribution in [0.1, 0.15) is 23.4 Å². The van der Waals surface area contributed by atoms with Crippen molar-refractivity contribution in [1.82, 2.24) is 9.88 Å². The van der Waals surface area contributed by atoms with Crippen LogP contribution in [0.4, 0.5) is 5.69 Å². The predicted octanol–water partition coefficient (Wildman–Crippen LogP) is 0.714. The zero-order chi connectivity index (χ0) is 13.3. The zero-order valence-corrected chi connectivity index (χ0v) is 11.3. The SMILES string of the molecule is Cc1nc2c(cc1N=C(N)N)CC(N(C)C)CC2. The third-order valence-electron chi connectivity index (χ3n) is 3.50. The maximum Gasteiger partial charge on any atom is 0.191 e. The zero-order valence-electron chi connectivity index (χ0n) is 11.3. The first-order valence-corrected chi connectivity index (χ1v) is 6.23. The van der Waals surface area contributed by atoms with Crippen molar-refractivity contribution in [2.45, 2.75) is 32.2 Å². The van der Waals surface area contributed by atoms with E-state index in [4.69, 9.17) is 11.5 Å². The van der Waals surface area contributed by atoms with Crippen LogP contribution in [-0.2, 0) is 12.8 Å². The number of nitrogens with zero attached hydrogens (tertiary/aromatic N) is 3. The lowest BCUT2D eigenvalue weighted by molar-refractivity contribution is 0.266. The molecule has 0 fully saturated rings. The van der Waals surface area contributed by atoms with Crippen molar-refractivity contribution in [1.29, 1.82) is 0 Å². The van der Waals surface area contributed by atoms with Crippen molar-refractivity contribution in [3.63, 3.8) is 0 Å². The Balaban J connectivity index is 2.35. The average molecular weight is 247 g/mol. The number of aromatic nitrogens is 1. The van der Waals surface area contributed by atoms with E-state index in [0.717, 1.165) is 30.6 Å². The topological polar surface area (TPSA) is 80.5 Å². The second kappa shape index (κ2) is 4.94. The summed E-state index contributed by atoms with van der Waals surface area (Å²) >= 11 is 0. The van der Waals surface area contributed by atoms with Gasteiger partial charge in [0, 0.05) is 11.7 Å². The van der Waals surface area contributed by atoms with Gasteiger partial charge in [0.2, 0.25) is 0 Å². The summed E-state index contributed by atoms with van der Waals surface area (Å²) in [6.45, 7) is 1.94. The second-order valence-corrected chi connectivity index (χ2v) is 5.10. The number of fused-ring (bicyclic) bond motifs is 1. The minimum Gasteiger partial charge on any atom is -0.370 e. The van der Waals surface area contributed by atoms with Crippen LogP contribution in [-0.4, -0.2) is 36.0 Å². The van der Waals surface area contributed by atoms with Crippen LogP contribution in [0.25, 0.3) is 0 Å². The summed E-state index contributed by atoms with van der Waals surface area (Å²) < 4.78 is 0. The van der Waals surface area contributed by atoms with Crippen LogP contribution in [0.5, 0.6) is 0 Å². The van der Waals surface area contributed by atoms with Gasteiger partial charge in [-0.1, -0.05) is 0 Å². The molecule has 1 atom stereocenters. The molecular weight excluding hydrogens is 226 g/mol. The molecular formula is C13H21N5. The van der Waals surface area contributed by atoms with Gasteiger partial charge in [-0.3, -0.25) is 4.98 Å². The molecule has 4 N–H and O–H groups in total. The Labute approximate surface area is 108 Å². The number of likely N-dealkylation sites (N-methyl/N-ethyl adjacent to an activating group) is 1. The second-order valence-electron chi connectivity index (χ2n) is 5.10. The molecule has 1 aromatic heterocycles. The average Bonchev–Trinajstić information content (AvgIpc) is 2.28. The van der Waals surface area contributed by atoms with Gasteiger partial charge in [-0.2, -0.15) is 0 Å². The molecule has 1 aromatic rings. The molecule has 0 radical (unpaired) electrons. The molecule has 0 spiro atoms. The van der Waals surface area contributed by atoms with Crippen LogP contribution < -0.4 is 11.5 Å². The molecule has 98 valence electrons. The molecule has 0 amide bonds. The molecule has 1 aliphatic carbocycles. The first-order valence-electron chi connectivity index (χ1n) is 6.23. The van der Waals surface area contributed by atoms with E-state index in [1.165, 1.54) is 11.3 Å². The van der Waals surface area contributed by atoms with Crippen LogP contribution in [0.15, 0.2) is 11.1 Å². The van der Waals surface area contributed by atoms with Crippen molar-refractivity contribution in [3.05, 3.63) is 23.0 Å². The maximum absolute atomic E-state index is 5.44. The standard InChI is InChI=1S/C13H21N5/c1-8-12(17-13(14)15)7-9-6-10(18(2)3)4-5-11(9)16-8/h7,10H,4-6H2,1-3H3,(H4,14,15,17). The number of guanidine groups is 1. The molecule has 0 bridgehead atoms. The molecule has 18 heavy (non-hydrogen) atoms.